The SMILES string of the molecule is CC(=O)Nc1ccc(NC(=O)CCCN(C)S(=O)(=O)c2ccc(C)cc2)cc1. The molecule has 0 bridgehead atoms. The minimum absolute atomic E-state index is 0.165. The van der Waals surface area contributed by atoms with Gasteiger partial charge in [-0.25, -0.2) is 12.7 Å². The number of carbonyl (C=O) groups is 2. The van der Waals surface area contributed by atoms with Gasteiger partial charge in [-0.1, -0.05) is 17.7 Å². The Bertz CT molecular complexity index is 923. The Balaban J connectivity index is 1.82. The molecule has 2 rings (SSSR count). The van der Waals surface area contributed by atoms with Gasteiger partial charge in [0.25, 0.3) is 0 Å². The Morgan fingerprint density at radius 1 is 0.929 bits per heavy atom. The lowest BCUT2D eigenvalue weighted by Gasteiger charge is -2.17. The van der Waals surface area contributed by atoms with Gasteiger partial charge in [-0.15, -0.1) is 0 Å². The van der Waals surface area contributed by atoms with Crippen molar-refractivity contribution in [3.63, 3.8) is 0 Å². The van der Waals surface area contributed by atoms with Gasteiger partial charge in [0, 0.05) is 38.3 Å². The van der Waals surface area contributed by atoms with E-state index in [2.05, 4.69) is 10.6 Å². The van der Waals surface area contributed by atoms with Crippen molar-refractivity contribution < 1.29 is 18.0 Å². The lowest BCUT2D eigenvalue weighted by Crippen LogP contribution is -2.28. The fraction of sp³-hybridized carbons (Fsp3) is 0.300. The molecule has 0 saturated carbocycles. The number of aryl methyl sites for hydroxylation is 1. The van der Waals surface area contributed by atoms with Crippen molar-refractivity contribution in [3.05, 3.63) is 54.1 Å². The van der Waals surface area contributed by atoms with E-state index in [9.17, 15) is 18.0 Å². The first kappa shape index (κ1) is 21.6. The third-order valence-corrected chi connectivity index (χ3v) is 5.97. The fourth-order valence-electron chi connectivity index (χ4n) is 2.54. The summed E-state index contributed by atoms with van der Waals surface area (Å²) in [5.41, 5.74) is 2.25. The molecule has 0 aliphatic heterocycles. The van der Waals surface area contributed by atoms with Crippen molar-refractivity contribution in [2.24, 2.45) is 0 Å². The van der Waals surface area contributed by atoms with E-state index in [-0.39, 0.29) is 29.7 Å². The van der Waals surface area contributed by atoms with Crippen LogP contribution in [0.2, 0.25) is 0 Å². The summed E-state index contributed by atoms with van der Waals surface area (Å²) < 4.78 is 26.3. The molecule has 0 atom stereocenters. The number of hydrogen-bond donors (Lipinski definition) is 2. The fourth-order valence-corrected chi connectivity index (χ4v) is 3.75. The number of sulfonamides is 1. The van der Waals surface area contributed by atoms with Gasteiger partial charge in [-0.2, -0.15) is 0 Å². The monoisotopic (exact) mass is 403 g/mol. The van der Waals surface area contributed by atoms with Crippen molar-refractivity contribution in [2.75, 3.05) is 24.2 Å². The molecule has 7 nitrogen and oxygen atoms in total. The highest BCUT2D eigenvalue weighted by atomic mass is 32.2. The summed E-state index contributed by atoms with van der Waals surface area (Å²) in [6.07, 6.45) is 0.596. The number of rotatable bonds is 8. The molecule has 2 N–H and O–H groups in total. The quantitative estimate of drug-likeness (QED) is 0.708. The highest BCUT2D eigenvalue weighted by Gasteiger charge is 2.20. The van der Waals surface area contributed by atoms with Gasteiger partial charge in [0.05, 0.1) is 4.90 Å². The maximum atomic E-state index is 12.5. The highest BCUT2D eigenvalue weighted by molar-refractivity contribution is 7.89. The molecule has 2 amide bonds. The van der Waals surface area contributed by atoms with Crippen LogP contribution in [0.4, 0.5) is 11.4 Å². The minimum atomic E-state index is -3.56. The zero-order valence-corrected chi connectivity index (χ0v) is 17.0. The number of nitrogens with one attached hydrogen (secondary N) is 2. The standard InChI is InChI=1S/C20H25N3O4S/c1-15-6-12-19(13-7-15)28(26,27)23(3)14-4-5-20(25)22-18-10-8-17(9-11-18)21-16(2)24/h6-13H,4-5,14H2,1-3H3,(H,21,24)(H,22,25). The van der Waals surface area contributed by atoms with Gasteiger partial charge in [-0.3, -0.25) is 9.59 Å². The van der Waals surface area contributed by atoms with E-state index in [4.69, 9.17) is 0 Å². The van der Waals surface area contributed by atoms with Crippen LogP contribution in [0.25, 0.3) is 0 Å². The van der Waals surface area contributed by atoms with Crippen LogP contribution in [-0.4, -0.2) is 38.1 Å². The second kappa shape index (κ2) is 9.48. The zero-order valence-electron chi connectivity index (χ0n) is 16.2. The first-order chi connectivity index (χ1) is 13.2. The molecule has 0 spiro atoms. The maximum Gasteiger partial charge on any atom is 0.242 e. The van der Waals surface area contributed by atoms with Gasteiger partial charge in [0.1, 0.15) is 0 Å². The van der Waals surface area contributed by atoms with Crippen LogP contribution in [0, 0.1) is 6.92 Å². The lowest BCUT2D eigenvalue weighted by molar-refractivity contribution is -0.116. The molecule has 0 radical (unpaired) electrons. The van der Waals surface area contributed by atoms with E-state index in [0.29, 0.717) is 17.8 Å². The molecule has 0 aliphatic carbocycles. The summed E-state index contributed by atoms with van der Waals surface area (Å²) in [4.78, 5) is 23.3. The van der Waals surface area contributed by atoms with Crippen LogP contribution in [-0.2, 0) is 19.6 Å². The minimum Gasteiger partial charge on any atom is -0.326 e. The van der Waals surface area contributed by atoms with Crippen LogP contribution >= 0.6 is 0 Å². The summed E-state index contributed by atoms with van der Waals surface area (Å²) >= 11 is 0. The van der Waals surface area contributed by atoms with Crippen molar-refractivity contribution in [2.45, 2.75) is 31.6 Å². The number of carbonyl (C=O) groups excluding carboxylic acids is 2. The van der Waals surface area contributed by atoms with E-state index in [1.807, 2.05) is 6.92 Å². The molecule has 2 aromatic rings. The second-order valence-corrected chi connectivity index (χ2v) is 8.59. The Kier molecular flexibility index (Phi) is 7.31. The molecule has 150 valence electrons. The summed E-state index contributed by atoms with van der Waals surface area (Å²) in [5, 5.41) is 5.40. The Hall–Kier alpha value is -2.71. The van der Waals surface area contributed by atoms with Gasteiger partial charge in [0.15, 0.2) is 0 Å². The molecule has 0 aliphatic rings. The summed E-state index contributed by atoms with van der Waals surface area (Å²) in [7, 11) is -2.05. The lowest BCUT2D eigenvalue weighted by atomic mass is 10.2. The molecular weight excluding hydrogens is 378 g/mol. The third kappa shape index (κ3) is 6.17. The Morgan fingerprint density at radius 3 is 2.00 bits per heavy atom. The molecule has 0 aromatic heterocycles. The van der Waals surface area contributed by atoms with Crippen molar-refractivity contribution in [1.29, 1.82) is 0 Å². The predicted molar refractivity (Wildman–Crippen MR) is 110 cm³/mol. The number of anilines is 2. The Labute approximate surface area is 165 Å². The van der Waals surface area contributed by atoms with E-state index < -0.39 is 10.0 Å². The van der Waals surface area contributed by atoms with Crippen molar-refractivity contribution in [1.82, 2.24) is 4.31 Å². The molecule has 0 saturated heterocycles. The molecule has 0 fully saturated rings. The zero-order chi connectivity index (χ0) is 20.7. The van der Waals surface area contributed by atoms with Crippen molar-refractivity contribution >= 4 is 33.2 Å². The molecule has 28 heavy (non-hydrogen) atoms. The average molecular weight is 404 g/mol. The van der Waals surface area contributed by atoms with E-state index in [0.717, 1.165) is 5.56 Å². The molecule has 8 heteroatoms. The van der Waals surface area contributed by atoms with Gasteiger partial charge in [0.2, 0.25) is 21.8 Å². The number of hydrogen-bond acceptors (Lipinski definition) is 4. The molecule has 2 aromatic carbocycles. The molecule has 0 unspecified atom stereocenters. The first-order valence-electron chi connectivity index (χ1n) is 8.89. The second-order valence-electron chi connectivity index (χ2n) is 6.55. The topological polar surface area (TPSA) is 95.6 Å². The van der Waals surface area contributed by atoms with Gasteiger partial charge in [-0.05, 0) is 49.7 Å². The largest absolute Gasteiger partial charge is 0.326 e. The van der Waals surface area contributed by atoms with E-state index in [1.165, 1.54) is 18.3 Å². The van der Waals surface area contributed by atoms with Crippen LogP contribution in [0.15, 0.2) is 53.4 Å². The maximum absolute atomic E-state index is 12.5. The third-order valence-electron chi connectivity index (χ3n) is 4.10. The number of nitrogens with zero attached hydrogens (tertiary/aromatic N) is 1. The number of amides is 2. The van der Waals surface area contributed by atoms with Gasteiger partial charge < -0.3 is 10.6 Å². The summed E-state index contributed by atoms with van der Waals surface area (Å²) in [6.45, 7) is 3.56. The summed E-state index contributed by atoms with van der Waals surface area (Å²) in [5.74, 6) is -0.366. The molecule has 0 heterocycles. The first-order valence-corrected chi connectivity index (χ1v) is 10.3. The molecular formula is C20H25N3O4S. The predicted octanol–water partition coefficient (Wildman–Crippen LogP) is 2.99. The normalized spacial score (nSPS) is 11.3. The number of benzene rings is 2. The van der Waals surface area contributed by atoms with Crippen LogP contribution < -0.4 is 10.6 Å². The van der Waals surface area contributed by atoms with E-state index in [1.54, 1.807) is 48.5 Å². The van der Waals surface area contributed by atoms with Crippen molar-refractivity contribution in [3.8, 4) is 0 Å². The average Bonchev–Trinajstić information content (AvgIpc) is 2.63. The van der Waals surface area contributed by atoms with Gasteiger partial charge >= 0.3 is 0 Å². The Morgan fingerprint density at radius 2 is 1.46 bits per heavy atom. The van der Waals surface area contributed by atoms with E-state index >= 15 is 0 Å². The van der Waals surface area contributed by atoms with Crippen LogP contribution in [0.5, 0.6) is 0 Å². The summed E-state index contributed by atoms with van der Waals surface area (Å²) in [6, 6.07) is 13.4. The van der Waals surface area contributed by atoms with Crippen LogP contribution in [0.3, 0.4) is 0 Å². The van der Waals surface area contributed by atoms with Crippen LogP contribution in [0.1, 0.15) is 25.3 Å². The smallest absolute Gasteiger partial charge is 0.242 e. The highest BCUT2D eigenvalue weighted by Crippen LogP contribution is 2.16.